The van der Waals surface area contributed by atoms with Crippen LogP contribution in [-0.2, 0) is 10.9 Å². The number of carbonyl (C=O) groups is 1. The van der Waals surface area contributed by atoms with E-state index in [0.717, 1.165) is 28.3 Å². The van der Waals surface area contributed by atoms with Crippen LogP contribution in [0.2, 0.25) is 5.02 Å². The van der Waals surface area contributed by atoms with Gasteiger partial charge in [-0.1, -0.05) is 78.4 Å². The lowest BCUT2D eigenvalue weighted by Gasteiger charge is -2.14. The first-order chi connectivity index (χ1) is 15.3. The fraction of sp³-hybridized carbons (Fsp3) is 0.160. The van der Waals surface area contributed by atoms with Crippen molar-refractivity contribution in [2.45, 2.75) is 12.1 Å². The van der Waals surface area contributed by atoms with Gasteiger partial charge in [0.25, 0.3) is 0 Å². The predicted octanol–water partition coefficient (Wildman–Crippen LogP) is 6.91. The molecule has 0 aliphatic heterocycles. The molecule has 4 rings (SSSR count). The van der Waals surface area contributed by atoms with Gasteiger partial charge in [0.2, 0.25) is 0 Å². The van der Waals surface area contributed by atoms with Gasteiger partial charge in [0, 0.05) is 12.5 Å². The number of hydrogen-bond acceptors (Lipinski definition) is 2. The number of rotatable bonds is 5. The molecule has 7 heteroatoms. The largest absolute Gasteiger partial charge is 0.449 e. The molecule has 0 radical (unpaired) electrons. The van der Waals surface area contributed by atoms with Gasteiger partial charge >= 0.3 is 12.3 Å². The van der Waals surface area contributed by atoms with Crippen LogP contribution in [0.3, 0.4) is 0 Å². The Labute approximate surface area is 188 Å². The standard InChI is InChI=1S/C25H19ClF3NO2/c26-23-14-16(11-12-22(23)25(27,28)29)6-5-13-30-24(31)32-15-21-19-9-3-1-7-17(19)18-8-2-4-10-20(18)21/h1-12,14,21H,13,15H2,(H,30,31). The highest BCUT2D eigenvalue weighted by atomic mass is 35.5. The van der Waals surface area contributed by atoms with Crippen LogP contribution >= 0.6 is 11.6 Å². The Balaban J connectivity index is 1.31. The van der Waals surface area contributed by atoms with Crippen molar-refractivity contribution in [1.29, 1.82) is 0 Å². The zero-order valence-electron chi connectivity index (χ0n) is 16.8. The quantitative estimate of drug-likeness (QED) is 0.452. The average molecular weight is 458 g/mol. The van der Waals surface area contributed by atoms with Crippen molar-refractivity contribution in [2.75, 3.05) is 13.2 Å². The highest BCUT2D eigenvalue weighted by Crippen LogP contribution is 2.44. The molecule has 1 aliphatic carbocycles. The number of halogens is 4. The molecule has 0 heterocycles. The van der Waals surface area contributed by atoms with E-state index in [2.05, 4.69) is 17.4 Å². The Kier molecular flexibility index (Phi) is 6.24. The maximum Gasteiger partial charge on any atom is 0.417 e. The van der Waals surface area contributed by atoms with E-state index in [9.17, 15) is 18.0 Å². The second kappa shape index (κ2) is 9.09. The highest BCUT2D eigenvalue weighted by Gasteiger charge is 2.33. The van der Waals surface area contributed by atoms with Crippen LogP contribution < -0.4 is 5.32 Å². The van der Waals surface area contributed by atoms with Crippen LogP contribution in [0, 0.1) is 0 Å². The summed E-state index contributed by atoms with van der Waals surface area (Å²) in [7, 11) is 0. The van der Waals surface area contributed by atoms with Gasteiger partial charge in [-0.05, 0) is 39.9 Å². The Bertz CT molecular complexity index is 1130. The number of ether oxygens (including phenoxy) is 1. The highest BCUT2D eigenvalue weighted by molar-refractivity contribution is 6.31. The first-order valence-electron chi connectivity index (χ1n) is 9.96. The molecule has 0 atom stereocenters. The summed E-state index contributed by atoms with van der Waals surface area (Å²) >= 11 is 5.71. The molecule has 164 valence electrons. The van der Waals surface area contributed by atoms with E-state index < -0.39 is 17.8 Å². The van der Waals surface area contributed by atoms with Gasteiger partial charge in [-0.2, -0.15) is 13.2 Å². The molecular weight excluding hydrogens is 439 g/mol. The second-order valence-corrected chi connectivity index (χ2v) is 7.75. The zero-order valence-corrected chi connectivity index (χ0v) is 17.6. The summed E-state index contributed by atoms with van der Waals surface area (Å²) < 4.78 is 43.7. The van der Waals surface area contributed by atoms with Gasteiger partial charge in [-0.15, -0.1) is 0 Å². The Morgan fingerprint density at radius 3 is 2.22 bits per heavy atom. The summed E-state index contributed by atoms with van der Waals surface area (Å²) in [4.78, 5) is 12.1. The van der Waals surface area contributed by atoms with Gasteiger partial charge in [-0.3, -0.25) is 0 Å². The lowest BCUT2D eigenvalue weighted by Crippen LogP contribution is -2.26. The van der Waals surface area contributed by atoms with E-state index in [-0.39, 0.29) is 24.1 Å². The fourth-order valence-electron chi connectivity index (χ4n) is 3.85. The van der Waals surface area contributed by atoms with Crippen molar-refractivity contribution >= 4 is 23.8 Å². The molecule has 32 heavy (non-hydrogen) atoms. The third-order valence-electron chi connectivity index (χ3n) is 5.32. The summed E-state index contributed by atoms with van der Waals surface area (Å²) in [6.07, 6.45) is -1.87. The number of carbonyl (C=O) groups excluding carboxylic acids is 1. The summed E-state index contributed by atoms with van der Waals surface area (Å²) in [6, 6.07) is 19.6. The number of alkyl carbamates (subject to hydrolysis) is 1. The topological polar surface area (TPSA) is 38.3 Å². The van der Waals surface area contributed by atoms with Crippen molar-refractivity contribution < 1.29 is 22.7 Å². The first kappa shape index (κ1) is 22.0. The van der Waals surface area contributed by atoms with Crippen LogP contribution in [-0.4, -0.2) is 19.2 Å². The number of alkyl halides is 3. The molecule has 0 unspecified atom stereocenters. The first-order valence-corrected chi connectivity index (χ1v) is 10.3. The lowest BCUT2D eigenvalue weighted by molar-refractivity contribution is -0.137. The van der Waals surface area contributed by atoms with E-state index in [1.165, 1.54) is 12.1 Å². The van der Waals surface area contributed by atoms with Crippen LogP contribution in [0.15, 0.2) is 72.8 Å². The smallest absolute Gasteiger partial charge is 0.417 e. The van der Waals surface area contributed by atoms with Crippen LogP contribution in [0.1, 0.15) is 28.2 Å². The van der Waals surface area contributed by atoms with Crippen molar-refractivity contribution in [2.24, 2.45) is 0 Å². The third-order valence-corrected chi connectivity index (χ3v) is 5.63. The second-order valence-electron chi connectivity index (χ2n) is 7.35. The molecule has 3 nitrogen and oxygen atoms in total. The summed E-state index contributed by atoms with van der Waals surface area (Å²) in [5.41, 5.74) is 4.16. The van der Waals surface area contributed by atoms with E-state index in [4.69, 9.17) is 16.3 Å². The molecule has 0 fully saturated rings. The van der Waals surface area contributed by atoms with Gasteiger partial charge in [0.15, 0.2) is 0 Å². The summed E-state index contributed by atoms with van der Waals surface area (Å²) in [5, 5.41) is 2.24. The molecule has 3 aromatic carbocycles. The number of hydrogen-bond donors (Lipinski definition) is 1. The molecule has 0 spiro atoms. The molecule has 3 aromatic rings. The van der Waals surface area contributed by atoms with Gasteiger partial charge in [0.05, 0.1) is 10.6 Å². The average Bonchev–Trinajstić information content (AvgIpc) is 3.08. The Morgan fingerprint density at radius 1 is 1.00 bits per heavy atom. The zero-order chi connectivity index (χ0) is 22.7. The molecule has 0 saturated carbocycles. The van der Waals surface area contributed by atoms with Crippen molar-refractivity contribution in [3.8, 4) is 11.1 Å². The van der Waals surface area contributed by atoms with Gasteiger partial charge in [0.1, 0.15) is 6.61 Å². The molecule has 1 aliphatic rings. The third kappa shape index (κ3) is 4.65. The number of fused-ring (bicyclic) bond motifs is 3. The van der Waals surface area contributed by atoms with E-state index >= 15 is 0 Å². The Hall–Kier alpha value is -3.25. The number of amides is 1. The maximum absolute atomic E-state index is 12.8. The monoisotopic (exact) mass is 457 g/mol. The van der Waals surface area contributed by atoms with Gasteiger partial charge < -0.3 is 10.1 Å². The minimum Gasteiger partial charge on any atom is -0.449 e. The molecular formula is C25H19ClF3NO2. The molecule has 0 bridgehead atoms. The van der Waals surface area contributed by atoms with Crippen molar-refractivity contribution in [1.82, 2.24) is 5.32 Å². The fourth-order valence-corrected chi connectivity index (χ4v) is 4.15. The van der Waals surface area contributed by atoms with E-state index in [1.807, 2.05) is 36.4 Å². The van der Waals surface area contributed by atoms with Crippen molar-refractivity contribution in [3.63, 3.8) is 0 Å². The SMILES string of the molecule is O=C(NCC=Cc1ccc(C(F)(F)F)c(Cl)c1)OCC1c2ccccc2-c2ccccc21. The number of nitrogens with one attached hydrogen (secondary N) is 1. The van der Waals surface area contributed by atoms with Crippen LogP contribution in [0.5, 0.6) is 0 Å². The minimum atomic E-state index is -4.50. The van der Waals surface area contributed by atoms with Crippen molar-refractivity contribution in [3.05, 3.63) is 100 Å². The normalized spacial score (nSPS) is 13.1. The van der Waals surface area contributed by atoms with Gasteiger partial charge in [-0.25, -0.2) is 4.79 Å². The Morgan fingerprint density at radius 2 is 1.62 bits per heavy atom. The van der Waals surface area contributed by atoms with E-state index in [1.54, 1.807) is 12.2 Å². The van der Waals surface area contributed by atoms with Crippen LogP contribution in [0.25, 0.3) is 17.2 Å². The van der Waals surface area contributed by atoms with Crippen LogP contribution in [0.4, 0.5) is 18.0 Å². The molecule has 1 amide bonds. The predicted molar refractivity (Wildman–Crippen MR) is 119 cm³/mol. The molecule has 1 N–H and O–H groups in total. The molecule has 0 saturated heterocycles. The van der Waals surface area contributed by atoms with E-state index in [0.29, 0.717) is 5.56 Å². The number of benzene rings is 3. The minimum absolute atomic E-state index is 0.0296. The summed E-state index contributed by atoms with van der Waals surface area (Å²) in [6.45, 7) is 0.368. The lowest BCUT2D eigenvalue weighted by atomic mass is 9.98. The summed E-state index contributed by atoms with van der Waals surface area (Å²) in [5.74, 6) is -0.0296. The maximum atomic E-state index is 12.8. The molecule has 0 aromatic heterocycles.